The van der Waals surface area contributed by atoms with Crippen LogP contribution in [0.5, 0.6) is 0 Å². The maximum atomic E-state index is 13.1. The number of carbonyl (C=O) groups excluding carboxylic acids is 1. The summed E-state index contributed by atoms with van der Waals surface area (Å²) in [4.78, 5) is 21.6. The van der Waals surface area contributed by atoms with E-state index in [4.69, 9.17) is 5.11 Å². The summed E-state index contributed by atoms with van der Waals surface area (Å²) < 4.78 is 26.1. The molecule has 0 atom stereocenters. The summed E-state index contributed by atoms with van der Waals surface area (Å²) in [6.45, 7) is 0.369. The summed E-state index contributed by atoms with van der Waals surface area (Å²) in [6.07, 6.45) is 2.88. The average Bonchev–Trinajstić information content (AvgIpc) is 2.44. The van der Waals surface area contributed by atoms with Crippen LogP contribution in [0, 0.1) is 21.7 Å². The Kier molecular flexibility index (Phi) is 6.67. The molecule has 0 saturated heterocycles. The van der Waals surface area contributed by atoms with Gasteiger partial charge in [-0.15, -0.1) is 0 Å². The van der Waals surface area contributed by atoms with Gasteiger partial charge in [0.15, 0.2) is 11.6 Å². The number of nitro benzene ring substituents is 1. The minimum absolute atomic E-state index is 0.105. The third-order valence-electron chi connectivity index (χ3n) is 2.85. The van der Waals surface area contributed by atoms with Crippen molar-refractivity contribution in [2.45, 2.75) is 25.7 Å². The van der Waals surface area contributed by atoms with Gasteiger partial charge >= 0.3 is 0 Å². The molecule has 1 amide bonds. The lowest BCUT2D eigenvalue weighted by atomic mass is 10.1. The van der Waals surface area contributed by atoms with Gasteiger partial charge in [0.05, 0.1) is 11.0 Å². The number of amides is 1. The van der Waals surface area contributed by atoms with Crippen LogP contribution in [-0.2, 0) is 0 Å². The number of nitro groups is 1. The lowest BCUT2D eigenvalue weighted by molar-refractivity contribution is -0.385. The van der Waals surface area contributed by atoms with Gasteiger partial charge in [-0.25, -0.2) is 8.78 Å². The number of rotatable bonds is 8. The van der Waals surface area contributed by atoms with E-state index in [1.807, 2.05) is 0 Å². The SMILES string of the molecule is O=C(NCCCCCCO)c1cc(F)c(F)cc1[N+](=O)[O-]. The number of aliphatic hydroxyl groups excluding tert-OH is 1. The zero-order chi connectivity index (χ0) is 15.8. The lowest BCUT2D eigenvalue weighted by Gasteiger charge is -2.06. The van der Waals surface area contributed by atoms with Gasteiger partial charge in [-0.3, -0.25) is 14.9 Å². The topological polar surface area (TPSA) is 92.5 Å². The molecule has 0 aliphatic carbocycles. The summed E-state index contributed by atoms with van der Waals surface area (Å²) in [5, 5.41) is 21.8. The molecule has 1 rings (SSSR count). The van der Waals surface area contributed by atoms with Crippen molar-refractivity contribution >= 4 is 11.6 Å². The van der Waals surface area contributed by atoms with E-state index in [0.29, 0.717) is 25.0 Å². The molecule has 0 bridgehead atoms. The highest BCUT2D eigenvalue weighted by molar-refractivity contribution is 5.98. The van der Waals surface area contributed by atoms with Crippen molar-refractivity contribution in [3.63, 3.8) is 0 Å². The molecule has 2 N–H and O–H groups in total. The Balaban J connectivity index is 2.65. The normalized spacial score (nSPS) is 10.4. The molecule has 0 aliphatic heterocycles. The molecule has 6 nitrogen and oxygen atoms in total. The van der Waals surface area contributed by atoms with Crippen LogP contribution in [0.3, 0.4) is 0 Å². The largest absolute Gasteiger partial charge is 0.396 e. The van der Waals surface area contributed by atoms with Gasteiger partial charge in [0, 0.05) is 13.2 Å². The maximum absolute atomic E-state index is 13.1. The molecule has 1 aromatic rings. The first-order chi connectivity index (χ1) is 9.97. The summed E-state index contributed by atoms with van der Waals surface area (Å²) in [5.74, 6) is -3.50. The Morgan fingerprint density at radius 1 is 1.19 bits per heavy atom. The number of hydrogen-bond acceptors (Lipinski definition) is 4. The summed E-state index contributed by atoms with van der Waals surface area (Å²) in [5.41, 5.74) is -1.28. The maximum Gasteiger partial charge on any atom is 0.285 e. The Morgan fingerprint density at radius 2 is 1.81 bits per heavy atom. The third kappa shape index (κ3) is 5.07. The van der Waals surface area contributed by atoms with Gasteiger partial charge in [-0.2, -0.15) is 0 Å². The van der Waals surface area contributed by atoms with E-state index in [2.05, 4.69) is 5.32 Å². The quantitative estimate of drug-likeness (QED) is 0.437. The van der Waals surface area contributed by atoms with Crippen molar-refractivity contribution in [2.24, 2.45) is 0 Å². The monoisotopic (exact) mass is 302 g/mol. The van der Waals surface area contributed by atoms with Crippen LogP contribution in [0.4, 0.5) is 14.5 Å². The van der Waals surface area contributed by atoms with Gasteiger partial charge in [-0.1, -0.05) is 12.8 Å². The summed E-state index contributed by atoms with van der Waals surface area (Å²) in [7, 11) is 0. The number of carbonyl (C=O) groups is 1. The van der Waals surface area contributed by atoms with Crippen LogP contribution in [0.2, 0.25) is 0 Å². The minimum atomic E-state index is -1.37. The Hall–Kier alpha value is -2.09. The number of nitrogens with one attached hydrogen (secondary N) is 1. The Morgan fingerprint density at radius 3 is 2.43 bits per heavy atom. The van der Waals surface area contributed by atoms with Crippen LogP contribution in [-0.4, -0.2) is 29.1 Å². The number of halogens is 2. The molecular weight excluding hydrogens is 286 g/mol. The molecular formula is C13H16F2N2O4. The van der Waals surface area contributed by atoms with E-state index in [9.17, 15) is 23.7 Å². The molecule has 8 heteroatoms. The number of benzene rings is 1. The van der Waals surface area contributed by atoms with Crippen molar-refractivity contribution in [1.82, 2.24) is 5.32 Å². The molecule has 0 radical (unpaired) electrons. The van der Waals surface area contributed by atoms with E-state index >= 15 is 0 Å². The van der Waals surface area contributed by atoms with Crippen LogP contribution >= 0.6 is 0 Å². The molecule has 21 heavy (non-hydrogen) atoms. The Labute approximate surface area is 119 Å². The molecule has 0 unspecified atom stereocenters. The van der Waals surface area contributed by atoms with E-state index in [1.54, 1.807) is 0 Å². The number of unbranched alkanes of at least 4 members (excludes halogenated alkanes) is 3. The second-order valence-corrected chi connectivity index (χ2v) is 4.43. The summed E-state index contributed by atoms with van der Waals surface area (Å²) in [6, 6.07) is 0.917. The van der Waals surface area contributed by atoms with Crippen LogP contribution < -0.4 is 5.32 Å². The van der Waals surface area contributed by atoms with Crippen LogP contribution in [0.1, 0.15) is 36.0 Å². The van der Waals surface area contributed by atoms with Crippen molar-refractivity contribution in [1.29, 1.82) is 0 Å². The number of nitrogens with zero attached hydrogens (tertiary/aromatic N) is 1. The van der Waals surface area contributed by atoms with Crippen molar-refractivity contribution in [3.8, 4) is 0 Å². The molecule has 0 aromatic heterocycles. The number of hydrogen-bond donors (Lipinski definition) is 2. The van der Waals surface area contributed by atoms with Crippen molar-refractivity contribution in [2.75, 3.05) is 13.2 Å². The first-order valence-corrected chi connectivity index (χ1v) is 6.50. The minimum Gasteiger partial charge on any atom is -0.396 e. The second-order valence-electron chi connectivity index (χ2n) is 4.43. The van der Waals surface area contributed by atoms with Gasteiger partial charge in [0.2, 0.25) is 0 Å². The van der Waals surface area contributed by atoms with Gasteiger partial charge in [0.25, 0.3) is 11.6 Å². The third-order valence-corrected chi connectivity index (χ3v) is 2.85. The van der Waals surface area contributed by atoms with Crippen molar-refractivity contribution in [3.05, 3.63) is 39.4 Å². The molecule has 0 fully saturated rings. The van der Waals surface area contributed by atoms with Gasteiger partial charge in [0.1, 0.15) is 5.56 Å². The second kappa shape index (κ2) is 8.25. The fourth-order valence-corrected chi connectivity index (χ4v) is 1.76. The molecule has 0 heterocycles. The van der Waals surface area contributed by atoms with Crippen LogP contribution in [0.15, 0.2) is 12.1 Å². The molecule has 116 valence electrons. The predicted molar refractivity (Wildman–Crippen MR) is 70.9 cm³/mol. The van der Waals surface area contributed by atoms with E-state index < -0.39 is 33.7 Å². The highest BCUT2D eigenvalue weighted by Crippen LogP contribution is 2.22. The van der Waals surface area contributed by atoms with Gasteiger partial charge < -0.3 is 10.4 Å². The Bertz CT molecular complexity index is 523. The van der Waals surface area contributed by atoms with E-state index in [-0.39, 0.29) is 13.2 Å². The van der Waals surface area contributed by atoms with Crippen LogP contribution in [0.25, 0.3) is 0 Å². The summed E-state index contributed by atoms with van der Waals surface area (Å²) >= 11 is 0. The first-order valence-electron chi connectivity index (χ1n) is 6.50. The standard InChI is InChI=1S/C13H16F2N2O4/c14-10-7-9(12(17(20)21)8-11(10)15)13(19)16-5-3-1-2-4-6-18/h7-8,18H,1-6H2,(H,16,19). The van der Waals surface area contributed by atoms with E-state index in [1.165, 1.54) is 0 Å². The predicted octanol–water partition coefficient (Wildman–Crippen LogP) is 2.16. The number of aliphatic hydroxyl groups is 1. The highest BCUT2D eigenvalue weighted by atomic mass is 19.2. The average molecular weight is 302 g/mol. The first kappa shape index (κ1) is 17.0. The van der Waals surface area contributed by atoms with E-state index in [0.717, 1.165) is 12.8 Å². The molecule has 1 aromatic carbocycles. The fourth-order valence-electron chi connectivity index (χ4n) is 1.76. The zero-order valence-electron chi connectivity index (χ0n) is 11.3. The lowest BCUT2D eigenvalue weighted by Crippen LogP contribution is -2.25. The highest BCUT2D eigenvalue weighted by Gasteiger charge is 2.23. The molecule has 0 spiro atoms. The van der Waals surface area contributed by atoms with Crippen molar-refractivity contribution < 1.29 is 23.6 Å². The van der Waals surface area contributed by atoms with Gasteiger partial charge in [-0.05, 0) is 18.9 Å². The smallest absolute Gasteiger partial charge is 0.285 e. The fraction of sp³-hybridized carbons (Fsp3) is 0.462. The molecule has 0 aliphatic rings. The molecule has 0 saturated carbocycles. The zero-order valence-corrected chi connectivity index (χ0v) is 11.3.